The molecule has 0 aliphatic heterocycles. The maximum Gasteiger partial charge on any atom is 0.273 e. The van der Waals surface area contributed by atoms with Crippen molar-refractivity contribution in [1.82, 2.24) is 25.6 Å². The van der Waals surface area contributed by atoms with Crippen LogP contribution in [0.25, 0.3) is 0 Å². The van der Waals surface area contributed by atoms with Gasteiger partial charge in [0.1, 0.15) is 0 Å². The molecular weight excluding hydrogens is 446 g/mol. The third kappa shape index (κ3) is 7.56. The fourth-order valence-electron chi connectivity index (χ4n) is 4.15. The lowest BCUT2D eigenvalue weighted by Gasteiger charge is -2.31. The Hall–Kier alpha value is -3.37. The van der Waals surface area contributed by atoms with Gasteiger partial charge in [0.15, 0.2) is 0 Å². The van der Waals surface area contributed by atoms with Crippen LogP contribution in [-0.2, 0) is 22.7 Å². The highest BCUT2D eigenvalue weighted by Crippen LogP contribution is 2.28. The van der Waals surface area contributed by atoms with Crippen molar-refractivity contribution in [2.45, 2.75) is 51.1 Å². The highest BCUT2D eigenvalue weighted by molar-refractivity contribution is 5.79. The largest absolute Gasteiger partial charge is 0.394 e. The molecule has 1 saturated carbocycles. The van der Waals surface area contributed by atoms with Crippen molar-refractivity contribution in [2.24, 2.45) is 5.92 Å². The van der Waals surface area contributed by atoms with Gasteiger partial charge >= 0.3 is 0 Å². The minimum Gasteiger partial charge on any atom is -0.394 e. The SMILES string of the molecule is CN/C=C\C(NC)NC(=O)C1CCCCC1OCc1cc(=O)n(NCc2ccccc2)c(NC)n1. The molecule has 1 aromatic heterocycles. The first-order chi connectivity index (χ1) is 17.0. The standard InChI is InChI=1S/C25H37N7O3/c1-26-14-13-22(27-2)31-24(34)20-11-7-8-12-21(20)35-17-19-15-23(33)32(25(28-3)30-19)29-16-18-9-5-4-6-10-18/h4-6,9-10,13-15,20-22,26-27,29H,7-8,11-12,16-17H2,1-3H3,(H,28,30)(H,31,34)/b14-13-. The van der Waals surface area contributed by atoms with Crippen LogP contribution in [0.15, 0.2) is 53.5 Å². The normalized spacial score (nSPS) is 18.7. The van der Waals surface area contributed by atoms with Crippen molar-refractivity contribution in [3.05, 3.63) is 70.3 Å². The van der Waals surface area contributed by atoms with Crippen molar-refractivity contribution >= 4 is 11.9 Å². The van der Waals surface area contributed by atoms with E-state index in [1.54, 1.807) is 27.3 Å². The number of rotatable bonds is 12. The number of nitrogens with zero attached hydrogens (tertiary/aromatic N) is 2. The second kappa shape index (κ2) is 13.5. The Bertz CT molecular complexity index is 1030. The van der Waals surface area contributed by atoms with E-state index < -0.39 is 0 Å². The number of anilines is 1. The van der Waals surface area contributed by atoms with Gasteiger partial charge in [-0.25, -0.2) is 4.98 Å². The molecule has 1 heterocycles. The summed E-state index contributed by atoms with van der Waals surface area (Å²) in [7, 11) is 5.32. The van der Waals surface area contributed by atoms with Crippen LogP contribution in [0.3, 0.4) is 0 Å². The van der Waals surface area contributed by atoms with Crippen molar-refractivity contribution in [2.75, 3.05) is 31.9 Å². The number of aromatic nitrogens is 2. The summed E-state index contributed by atoms with van der Waals surface area (Å²) in [6.45, 7) is 0.649. The lowest BCUT2D eigenvalue weighted by atomic mass is 9.85. The molecule has 3 unspecified atom stereocenters. The third-order valence-electron chi connectivity index (χ3n) is 6.03. The number of likely N-dealkylation sites (N-methyl/N-ethyl adjacent to an activating group) is 1. The predicted octanol–water partition coefficient (Wildman–Crippen LogP) is 1.50. The molecule has 190 valence electrons. The Balaban J connectivity index is 1.64. The topological polar surface area (TPSA) is 121 Å². The van der Waals surface area contributed by atoms with E-state index in [0.29, 0.717) is 18.2 Å². The van der Waals surface area contributed by atoms with Crippen LogP contribution >= 0.6 is 0 Å². The van der Waals surface area contributed by atoms with Crippen LogP contribution in [0.5, 0.6) is 0 Å². The van der Waals surface area contributed by atoms with E-state index >= 15 is 0 Å². The number of benzene rings is 1. The molecule has 3 atom stereocenters. The molecule has 0 bridgehead atoms. The van der Waals surface area contributed by atoms with E-state index in [-0.39, 0.29) is 36.3 Å². The Kier molecular flexibility index (Phi) is 10.1. The van der Waals surface area contributed by atoms with Gasteiger partial charge in [-0.2, -0.15) is 4.68 Å². The second-order valence-electron chi connectivity index (χ2n) is 8.48. The third-order valence-corrected chi connectivity index (χ3v) is 6.03. The number of nitrogens with one attached hydrogen (secondary N) is 5. The highest BCUT2D eigenvalue weighted by Gasteiger charge is 2.32. The minimum absolute atomic E-state index is 0.0424. The maximum atomic E-state index is 13.0. The lowest BCUT2D eigenvalue weighted by Crippen LogP contribution is -2.48. The van der Waals surface area contributed by atoms with Crippen LogP contribution < -0.4 is 32.3 Å². The van der Waals surface area contributed by atoms with Crippen molar-refractivity contribution in [1.29, 1.82) is 0 Å². The first-order valence-electron chi connectivity index (χ1n) is 12.1. The van der Waals surface area contributed by atoms with E-state index in [0.717, 1.165) is 31.2 Å². The molecule has 35 heavy (non-hydrogen) atoms. The molecule has 10 nitrogen and oxygen atoms in total. The van der Waals surface area contributed by atoms with Gasteiger partial charge in [-0.05, 0) is 37.7 Å². The average Bonchev–Trinajstić information content (AvgIpc) is 2.89. The summed E-state index contributed by atoms with van der Waals surface area (Å²) in [4.78, 5) is 30.3. The summed E-state index contributed by atoms with van der Waals surface area (Å²) in [5.74, 6) is 0.108. The molecule has 1 fully saturated rings. The molecule has 1 aliphatic rings. The van der Waals surface area contributed by atoms with E-state index in [9.17, 15) is 9.59 Å². The predicted molar refractivity (Wildman–Crippen MR) is 137 cm³/mol. The number of amides is 1. The highest BCUT2D eigenvalue weighted by atomic mass is 16.5. The molecule has 3 rings (SSSR count). The van der Waals surface area contributed by atoms with E-state index in [1.807, 2.05) is 36.4 Å². The van der Waals surface area contributed by atoms with Crippen LogP contribution in [0.1, 0.15) is 36.9 Å². The maximum absolute atomic E-state index is 13.0. The first kappa shape index (κ1) is 26.2. The van der Waals surface area contributed by atoms with Crippen LogP contribution in [0, 0.1) is 5.92 Å². The number of ether oxygens (including phenoxy) is 1. The smallest absolute Gasteiger partial charge is 0.273 e. The van der Waals surface area contributed by atoms with Crippen molar-refractivity contribution < 1.29 is 9.53 Å². The van der Waals surface area contributed by atoms with Gasteiger partial charge in [0.05, 0.1) is 37.0 Å². The molecular formula is C25H37N7O3. The quantitative estimate of drug-likeness (QED) is 0.288. The van der Waals surface area contributed by atoms with Gasteiger partial charge in [0.25, 0.3) is 5.56 Å². The van der Waals surface area contributed by atoms with Gasteiger partial charge in [0.2, 0.25) is 11.9 Å². The number of carbonyl (C=O) groups is 1. The monoisotopic (exact) mass is 483 g/mol. The fourth-order valence-corrected chi connectivity index (χ4v) is 4.15. The number of hydrogen-bond acceptors (Lipinski definition) is 8. The van der Waals surface area contributed by atoms with Gasteiger partial charge in [-0.15, -0.1) is 0 Å². The number of carbonyl (C=O) groups excluding carboxylic acids is 1. The molecule has 0 spiro atoms. The van der Waals surface area contributed by atoms with Crippen LogP contribution in [-0.4, -0.2) is 49.0 Å². The van der Waals surface area contributed by atoms with Crippen molar-refractivity contribution in [3.8, 4) is 0 Å². The lowest BCUT2D eigenvalue weighted by molar-refractivity contribution is -0.133. The molecule has 10 heteroatoms. The molecule has 5 N–H and O–H groups in total. The second-order valence-corrected chi connectivity index (χ2v) is 8.48. The van der Waals surface area contributed by atoms with Gasteiger partial charge < -0.3 is 26.1 Å². The van der Waals surface area contributed by atoms with Crippen molar-refractivity contribution in [3.63, 3.8) is 0 Å². The summed E-state index contributed by atoms with van der Waals surface area (Å²) < 4.78 is 7.55. The Labute approximate surface area is 206 Å². The average molecular weight is 484 g/mol. The number of hydrogen-bond donors (Lipinski definition) is 5. The van der Waals surface area contributed by atoms with Crippen LogP contribution in [0.4, 0.5) is 5.95 Å². The Morgan fingerprint density at radius 3 is 2.69 bits per heavy atom. The minimum atomic E-state index is -0.270. The van der Waals surface area contributed by atoms with Crippen LogP contribution in [0.2, 0.25) is 0 Å². The summed E-state index contributed by atoms with van der Waals surface area (Å²) >= 11 is 0. The molecule has 0 radical (unpaired) electrons. The first-order valence-corrected chi connectivity index (χ1v) is 12.1. The Morgan fingerprint density at radius 2 is 1.97 bits per heavy atom. The summed E-state index contributed by atoms with van der Waals surface area (Å²) in [6, 6.07) is 11.3. The molecule has 1 amide bonds. The summed E-state index contributed by atoms with van der Waals surface area (Å²) in [5, 5.41) is 12.0. The van der Waals surface area contributed by atoms with Gasteiger partial charge in [-0.1, -0.05) is 43.2 Å². The van der Waals surface area contributed by atoms with Gasteiger partial charge in [-0.3, -0.25) is 14.9 Å². The molecule has 0 saturated heterocycles. The van der Waals surface area contributed by atoms with Gasteiger partial charge in [0, 0.05) is 20.2 Å². The summed E-state index contributed by atoms with van der Waals surface area (Å²) in [6.07, 6.45) is 6.68. The zero-order chi connectivity index (χ0) is 25.0. The van der Waals surface area contributed by atoms with E-state index in [4.69, 9.17) is 4.74 Å². The molecule has 1 aliphatic carbocycles. The molecule has 2 aromatic rings. The zero-order valence-corrected chi connectivity index (χ0v) is 20.7. The zero-order valence-electron chi connectivity index (χ0n) is 20.7. The van der Waals surface area contributed by atoms with E-state index in [2.05, 4.69) is 31.7 Å². The Morgan fingerprint density at radius 1 is 1.20 bits per heavy atom. The molecule has 1 aromatic carbocycles. The fraction of sp³-hybridized carbons (Fsp3) is 0.480. The van der Waals surface area contributed by atoms with E-state index in [1.165, 1.54) is 10.7 Å². The summed E-state index contributed by atoms with van der Waals surface area (Å²) in [5.41, 5.74) is 4.45.